The molecule has 0 bridgehead atoms. The molecule has 1 aliphatic rings. The number of amides is 2. The standard InChI is InChI=1S/C16H25FN4O2/c1-19-6-8-21(9-7-19)15-5-4-13(17)12-14(15)18-16(22)20(2)10-11-23-3/h4-5,12H,6-11H2,1-3H3,(H,18,22). The molecule has 1 saturated heterocycles. The summed E-state index contributed by atoms with van der Waals surface area (Å²) in [6.07, 6.45) is 0. The summed E-state index contributed by atoms with van der Waals surface area (Å²) in [5, 5.41) is 2.80. The summed E-state index contributed by atoms with van der Waals surface area (Å²) < 4.78 is 18.6. The van der Waals surface area contributed by atoms with Crippen molar-refractivity contribution in [2.45, 2.75) is 0 Å². The smallest absolute Gasteiger partial charge is 0.321 e. The maximum absolute atomic E-state index is 13.6. The van der Waals surface area contributed by atoms with Crippen LogP contribution in [0.4, 0.5) is 20.6 Å². The number of hydrogen-bond donors (Lipinski definition) is 1. The molecule has 1 N–H and O–H groups in total. The van der Waals surface area contributed by atoms with Gasteiger partial charge in [-0.15, -0.1) is 0 Å². The van der Waals surface area contributed by atoms with Crippen LogP contribution in [0, 0.1) is 5.82 Å². The average molecular weight is 324 g/mol. The van der Waals surface area contributed by atoms with Crippen LogP contribution in [0.15, 0.2) is 18.2 Å². The number of hydrogen-bond acceptors (Lipinski definition) is 4. The minimum Gasteiger partial charge on any atom is -0.383 e. The zero-order valence-electron chi connectivity index (χ0n) is 14.0. The molecule has 23 heavy (non-hydrogen) atoms. The highest BCUT2D eigenvalue weighted by Gasteiger charge is 2.19. The number of rotatable bonds is 5. The Hall–Kier alpha value is -1.86. The number of likely N-dealkylation sites (N-methyl/N-ethyl adjacent to an activating group) is 2. The Morgan fingerprint density at radius 1 is 1.35 bits per heavy atom. The maximum Gasteiger partial charge on any atom is 0.321 e. The Labute approximate surface area is 136 Å². The molecule has 1 aromatic carbocycles. The van der Waals surface area contributed by atoms with E-state index in [1.807, 2.05) is 0 Å². The van der Waals surface area contributed by atoms with Crippen molar-refractivity contribution in [3.8, 4) is 0 Å². The molecule has 0 unspecified atom stereocenters. The second-order valence-electron chi connectivity index (χ2n) is 5.80. The quantitative estimate of drug-likeness (QED) is 0.895. The van der Waals surface area contributed by atoms with E-state index in [0.29, 0.717) is 18.8 Å². The minimum atomic E-state index is -0.363. The average Bonchev–Trinajstić information content (AvgIpc) is 2.54. The molecule has 0 aliphatic carbocycles. The number of carbonyl (C=O) groups excluding carboxylic acids is 1. The van der Waals surface area contributed by atoms with Crippen LogP contribution >= 0.6 is 0 Å². The molecule has 1 heterocycles. The third kappa shape index (κ3) is 4.80. The van der Waals surface area contributed by atoms with Crippen molar-refractivity contribution in [1.29, 1.82) is 0 Å². The van der Waals surface area contributed by atoms with Crippen molar-refractivity contribution in [3.05, 3.63) is 24.0 Å². The second kappa shape index (κ2) is 8.12. The van der Waals surface area contributed by atoms with Gasteiger partial charge in [-0.1, -0.05) is 0 Å². The van der Waals surface area contributed by atoms with E-state index in [1.54, 1.807) is 20.2 Å². The first-order chi connectivity index (χ1) is 11.0. The fourth-order valence-corrected chi connectivity index (χ4v) is 2.47. The Balaban J connectivity index is 2.11. The van der Waals surface area contributed by atoms with E-state index >= 15 is 0 Å². The van der Waals surface area contributed by atoms with Gasteiger partial charge < -0.3 is 24.8 Å². The minimum absolute atomic E-state index is 0.275. The van der Waals surface area contributed by atoms with E-state index in [4.69, 9.17) is 4.74 Å². The van der Waals surface area contributed by atoms with Gasteiger partial charge in [0.2, 0.25) is 0 Å². The van der Waals surface area contributed by atoms with Crippen molar-refractivity contribution >= 4 is 17.4 Å². The molecule has 0 radical (unpaired) electrons. The molecule has 128 valence electrons. The number of carbonyl (C=O) groups is 1. The zero-order valence-corrected chi connectivity index (χ0v) is 14.0. The number of benzene rings is 1. The highest BCUT2D eigenvalue weighted by atomic mass is 19.1. The lowest BCUT2D eigenvalue weighted by molar-refractivity contribution is 0.165. The molecule has 1 aliphatic heterocycles. The third-order valence-electron chi connectivity index (χ3n) is 4.02. The molecule has 0 spiro atoms. The topological polar surface area (TPSA) is 48.1 Å². The van der Waals surface area contributed by atoms with Crippen molar-refractivity contribution in [2.24, 2.45) is 0 Å². The van der Waals surface area contributed by atoms with Gasteiger partial charge in [0.05, 0.1) is 18.0 Å². The number of nitrogens with zero attached hydrogens (tertiary/aromatic N) is 3. The molecule has 0 saturated carbocycles. The van der Waals surface area contributed by atoms with Gasteiger partial charge >= 0.3 is 6.03 Å². The van der Waals surface area contributed by atoms with Crippen molar-refractivity contribution in [3.63, 3.8) is 0 Å². The summed E-state index contributed by atoms with van der Waals surface area (Å²) in [5.74, 6) is -0.363. The van der Waals surface area contributed by atoms with Gasteiger partial charge in [0.25, 0.3) is 0 Å². The van der Waals surface area contributed by atoms with Gasteiger partial charge in [-0.3, -0.25) is 0 Å². The van der Waals surface area contributed by atoms with Crippen LogP contribution in [0.25, 0.3) is 0 Å². The summed E-state index contributed by atoms with van der Waals surface area (Å²) in [7, 11) is 5.35. The van der Waals surface area contributed by atoms with E-state index in [9.17, 15) is 9.18 Å². The summed E-state index contributed by atoms with van der Waals surface area (Å²) in [4.78, 5) is 18.2. The van der Waals surface area contributed by atoms with Gasteiger partial charge in [-0.25, -0.2) is 9.18 Å². The third-order valence-corrected chi connectivity index (χ3v) is 4.02. The first-order valence-electron chi connectivity index (χ1n) is 7.75. The van der Waals surface area contributed by atoms with E-state index in [-0.39, 0.29) is 11.8 Å². The van der Waals surface area contributed by atoms with Crippen molar-refractivity contribution in [2.75, 3.05) is 70.8 Å². The Kier molecular flexibility index (Phi) is 6.18. The van der Waals surface area contributed by atoms with Gasteiger partial charge in [0, 0.05) is 46.9 Å². The molecule has 1 aromatic rings. The summed E-state index contributed by atoms with van der Waals surface area (Å²) in [5.41, 5.74) is 1.36. The Morgan fingerprint density at radius 3 is 2.70 bits per heavy atom. The van der Waals surface area contributed by atoms with Crippen LogP contribution in [0.1, 0.15) is 0 Å². The number of urea groups is 1. The van der Waals surface area contributed by atoms with E-state index in [0.717, 1.165) is 31.9 Å². The molecule has 7 heteroatoms. The zero-order chi connectivity index (χ0) is 16.8. The molecule has 0 atom stereocenters. The van der Waals surface area contributed by atoms with Crippen molar-refractivity contribution in [1.82, 2.24) is 9.80 Å². The monoisotopic (exact) mass is 324 g/mol. The van der Waals surface area contributed by atoms with Gasteiger partial charge in [-0.05, 0) is 25.2 Å². The van der Waals surface area contributed by atoms with Crippen LogP contribution in [-0.4, -0.2) is 76.4 Å². The normalized spacial score (nSPS) is 15.6. The summed E-state index contributed by atoms with van der Waals surface area (Å²) >= 11 is 0. The predicted molar refractivity (Wildman–Crippen MR) is 89.6 cm³/mol. The fraction of sp³-hybridized carbons (Fsp3) is 0.562. The summed E-state index contributed by atoms with van der Waals surface area (Å²) in [6, 6.07) is 4.25. The highest BCUT2D eigenvalue weighted by Crippen LogP contribution is 2.28. The van der Waals surface area contributed by atoms with Crippen molar-refractivity contribution < 1.29 is 13.9 Å². The van der Waals surface area contributed by atoms with Gasteiger partial charge in [-0.2, -0.15) is 0 Å². The molecule has 6 nitrogen and oxygen atoms in total. The van der Waals surface area contributed by atoms with Crippen LogP contribution in [0.2, 0.25) is 0 Å². The van der Waals surface area contributed by atoms with Crippen LogP contribution in [0.3, 0.4) is 0 Å². The molecule has 1 fully saturated rings. The molecule has 2 rings (SSSR count). The summed E-state index contributed by atoms with van der Waals surface area (Å²) in [6.45, 7) is 4.52. The number of methoxy groups -OCH3 is 1. The highest BCUT2D eigenvalue weighted by molar-refractivity contribution is 5.93. The van der Waals surface area contributed by atoms with E-state index in [1.165, 1.54) is 17.0 Å². The largest absolute Gasteiger partial charge is 0.383 e. The van der Waals surface area contributed by atoms with Gasteiger partial charge in [0.1, 0.15) is 5.82 Å². The molecular formula is C16H25FN4O2. The maximum atomic E-state index is 13.6. The second-order valence-corrected chi connectivity index (χ2v) is 5.80. The number of nitrogens with one attached hydrogen (secondary N) is 1. The SMILES string of the molecule is COCCN(C)C(=O)Nc1cc(F)ccc1N1CCN(C)CC1. The number of ether oxygens (including phenoxy) is 1. The molecular weight excluding hydrogens is 299 g/mol. The van der Waals surface area contributed by atoms with E-state index in [2.05, 4.69) is 22.2 Å². The first-order valence-corrected chi connectivity index (χ1v) is 7.75. The van der Waals surface area contributed by atoms with Crippen LogP contribution < -0.4 is 10.2 Å². The number of piperazine rings is 1. The predicted octanol–water partition coefficient (Wildman–Crippen LogP) is 1.69. The van der Waals surface area contributed by atoms with Crippen LogP contribution in [-0.2, 0) is 4.74 Å². The fourth-order valence-electron chi connectivity index (χ4n) is 2.47. The first kappa shape index (κ1) is 17.5. The lowest BCUT2D eigenvalue weighted by Crippen LogP contribution is -2.45. The number of anilines is 2. The van der Waals surface area contributed by atoms with Crippen LogP contribution in [0.5, 0.6) is 0 Å². The molecule has 0 aromatic heterocycles. The van der Waals surface area contributed by atoms with Gasteiger partial charge in [0.15, 0.2) is 0 Å². The van der Waals surface area contributed by atoms with E-state index < -0.39 is 0 Å². The Morgan fingerprint density at radius 2 is 2.04 bits per heavy atom. The number of halogens is 1. The lowest BCUT2D eigenvalue weighted by atomic mass is 10.2. The lowest BCUT2D eigenvalue weighted by Gasteiger charge is -2.35. The Bertz CT molecular complexity index is 533. The molecule has 2 amide bonds.